The monoisotopic (exact) mass is 489 g/mol. The van der Waals surface area contributed by atoms with Crippen molar-refractivity contribution in [2.75, 3.05) is 37.6 Å². The van der Waals surface area contributed by atoms with Crippen molar-refractivity contribution in [3.8, 4) is 0 Å². The first-order chi connectivity index (χ1) is 17.0. The molecule has 1 aromatic heterocycles. The number of benzene rings is 1. The Morgan fingerprint density at radius 2 is 2.00 bits per heavy atom. The first kappa shape index (κ1) is 23.5. The van der Waals surface area contributed by atoms with Crippen LogP contribution in [0.3, 0.4) is 0 Å². The highest BCUT2D eigenvalue weighted by Crippen LogP contribution is 2.36. The highest BCUT2D eigenvalue weighted by atomic mass is 32.1. The first-order valence-electron chi connectivity index (χ1n) is 12.2. The zero-order valence-electron chi connectivity index (χ0n) is 20.0. The van der Waals surface area contributed by atoms with Crippen molar-refractivity contribution in [3.05, 3.63) is 82.7 Å². The fourth-order valence-electron chi connectivity index (χ4n) is 5.10. The first-order valence-corrected chi connectivity index (χ1v) is 13.0. The van der Waals surface area contributed by atoms with Crippen LogP contribution in [0.5, 0.6) is 0 Å². The zero-order chi connectivity index (χ0) is 24.4. The molecule has 0 aliphatic carbocycles. The maximum Gasteiger partial charge on any atom is 0.275 e. The number of thiazole rings is 1. The number of likely N-dealkylation sites (tertiary alicyclic amines) is 1. The summed E-state index contributed by atoms with van der Waals surface area (Å²) in [6.45, 7) is 10.5. The molecule has 35 heavy (non-hydrogen) atoms. The maximum absolute atomic E-state index is 13.1. The summed E-state index contributed by atoms with van der Waals surface area (Å²) < 4.78 is 0. The smallest absolute Gasteiger partial charge is 0.275 e. The van der Waals surface area contributed by atoms with Crippen molar-refractivity contribution in [1.82, 2.24) is 20.5 Å². The van der Waals surface area contributed by atoms with Gasteiger partial charge in [0.1, 0.15) is 5.69 Å². The van der Waals surface area contributed by atoms with E-state index >= 15 is 0 Å². The van der Waals surface area contributed by atoms with Gasteiger partial charge in [-0.15, -0.1) is 11.3 Å². The SMILES string of the molecule is C=C/C=C(\C(=C/C)NC(=O)c1csc(N2CCc3ccccc3C2=O)n1)N1CCC2(CC1)CNC2. The molecule has 2 fully saturated rings. The normalized spacial score (nSPS) is 19.9. The second-order valence-corrected chi connectivity index (χ2v) is 10.3. The number of rotatable bonds is 6. The van der Waals surface area contributed by atoms with Crippen LogP contribution in [-0.4, -0.2) is 54.4 Å². The Morgan fingerprint density at radius 3 is 2.69 bits per heavy atom. The number of nitrogens with one attached hydrogen (secondary N) is 2. The van der Waals surface area contributed by atoms with Crippen LogP contribution in [-0.2, 0) is 6.42 Å². The van der Waals surface area contributed by atoms with Gasteiger partial charge < -0.3 is 15.5 Å². The van der Waals surface area contributed by atoms with Gasteiger partial charge in [0.15, 0.2) is 5.13 Å². The number of allylic oxidation sites excluding steroid dienone is 3. The lowest BCUT2D eigenvalue weighted by Gasteiger charge is -2.49. The Balaban J connectivity index is 1.28. The summed E-state index contributed by atoms with van der Waals surface area (Å²) in [6, 6.07) is 7.66. The number of carbonyl (C=O) groups is 2. The molecule has 182 valence electrons. The van der Waals surface area contributed by atoms with Gasteiger partial charge in [-0.2, -0.15) is 0 Å². The Kier molecular flexibility index (Phi) is 6.58. The van der Waals surface area contributed by atoms with Crippen LogP contribution in [0.15, 0.2) is 65.8 Å². The average molecular weight is 490 g/mol. The number of amides is 2. The van der Waals surface area contributed by atoms with E-state index in [0.717, 1.165) is 62.4 Å². The molecule has 1 aromatic carbocycles. The van der Waals surface area contributed by atoms with Crippen molar-refractivity contribution in [2.45, 2.75) is 26.2 Å². The van der Waals surface area contributed by atoms with Crippen LogP contribution in [0.25, 0.3) is 0 Å². The Bertz CT molecular complexity index is 1200. The molecule has 2 saturated heterocycles. The summed E-state index contributed by atoms with van der Waals surface area (Å²) in [6.07, 6.45) is 8.70. The number of hydrogen-bond acceptors (Lipinski definition) is 6. The van der Waals surface area contributed by atoms with E-state index in [4.69, 9.17) is 0 Å². The van der Waals surface area contributed by atoms with Crippen molar-refractivity contribution in [3.63, 3.8) is 0 Å². The lowest BCUT2D eigenvalue weighted by Crippen LogP contribution is -2.58. The van der Waals surface area contributed by atoms with Crippen molar-refractivity contribution < 1.29 is 9.59 Å². The minimum Gasteiger partial charge on any atom is -0.370 e. The van der Waals surface area contributed by atoms with Crippen molar-refractivity contribution >= 4 is 28.3 Å². The van der Waals surface area contributed by atoms with Gasteiger partial charge in [0.2, 0.25) is 0 Å². The summed E-state index contributed by atoms with van der Waals surface area (Å²) in [5.41, 5.74) is 4.23. The standard InChI is InChI=1S/C27H31N5O2S/c1-3-7-23(31-14-11-27(12-15-31)17-28-18-27)21(4-2)29-24(33)22-16-35-26(30-22)32-13-10-19-8-5-6-9-20(19)25(32)34/h3-9,16,28H,1,10-15,17-18H2,2H3,(H,29,33)/b21-4+,23-7+. The second-order valence-electron chi connectivity index (χ2n) is 9.41. The lowest BCUT2D eigenvalue weighted by molar-refractivity contribution is 0.0703. The van der Waals surface area contributed by atoms with Crippen LogP contribution in [0.2, 0.25) is 0 Å². The van der Waals surface area contributed by atoms with E-state index in [1.807, 2.05) is 43.3 Å². The molecule has 1 spiro atoms. The number of nitrogens with zero attached hydrogens (tertiary/aromatic N) is 3. The van der Waals surface area contributed by atoms with E-state index in [2.05, 4.69) is 27.1 Å². The van der Waals surface area contributed by atoms with Gasteiger partial charge in [-0.1, -0.05) is 36.9 Å². The van der Waals surface area contributed by atoms with E-state index < -0.39 is 0 Å². The maximum atomic E-state index is 13.1. The summed E-state index contributed by atoms with van der Waals surface area (Å²) in [4.78, 5) is 34.7. The van der Waals surface area contributed by atoms with Gasteiger partial charge in [0, 0.05) is 43.7 Å². The van der Waals surface area contributed by atoms with Gasteiger partial charge in [-0.05, 0) is 49.3 Å². The number of carbonyl (C=O) groups excluding carboxylic acids is 2. The third kappa shape index (κ3) is 4.56. The van der Waals surface area contributed by atoms with Crippen LogP contribution in [0.1, 0.15) is 46.2 Å². The molecule has 4 heterocycles. The van der Waals surface area contributed by atoms with Crippen LogP contribution in [0, 0.1) is 5.41 Å². The van der Waals surface area contributed by atoms with E-state index in [1.54, 1.807) is 16.4 Å². The largest absolute Gasteiger partial charge is 0.370 e. The molecule has 0 atom stereocenters. The van der Waals surface area contributed by atoms with Gasteiger partial charge in [0.05, 0.1) is 11.4 Å². The predicted octanol–water partition coefficient (Wildman–Crippen LogP) is 3.73. The summed E-state index contributed by atoms with van der Waals surface area (Å²) in [7, 11) is 0. The Morgan fingerprint density at radius 1 is 1.23 bits per heavy atom. The zero-order valence-corrected chi connectivity index (χ0v) is 20.9. The van der Waals surface area contributed by atoms with Gasteiger partial charge in [-0.25, -0.2) is 4.98 Å². The summed E-state index contributed by atoms with van der Waals surface area (Å²) in [5, 5.41) is 8.72. The quantitative estimate of drug-likeness (QED) is 0.605. The summed E-state index contributed by atoms with van der Waals surface area (Å²) in [5.74, 6) is -0.347. The third-order valence-corrected chi connectivity index (χ3v) is 8.17. The molecule has 5 rings (SSSR count). The van der Waals surface area contributed by atoms with Gasteiger partial charge in [-0.3, -0.25) is 14.5 Å². The predicted molar refractivity (Wildman–Crippen MR) is 140 cm³/mol. The molecule has 8 heteroatoms. The molecule has 7 nitrogen and oxygen atoms in total. The summed E-state index contributed by atoms with van der Waals surface area (Å²) >= 11 is 1.32. The van der Waals surface area contributed by atoms with E-state index in [9.17, 15) is 9.59 Å². The van der Waals surface area contributed by atoms with Crippen LogP contribution in [0.4, 0.5) is 5.13 Å². The molecular formula is C27H31N5O2S. The molecule has 0 saturated carbocycles. The van der Waals surface area contributed by atoms with Crippen molar-refractivity contribution in [1.29, 1.82) is 0 Å². The molecular weight excluding hydrogens is 458 g/mol. The number of anilines is 1. The molecule has 0 unspecified atom stereocenters. The second kappa shape index (κ2) is 9.79. The highest BCUT2D eigenvalue weighted by molar-refractivity contribution is 7.14. The van der Waals surface area contributed by atoms with Gasteiger partial charge >= 0.3 is 0 Å². The molecule has 2 aromatic rings. The molecule has 3 aliphatic heterocycles. The molecule has 0 bridgehead atoms. The van der Waals surface area contributed by atoms with E-state index in [0.29, 0.717) is 28.3 Å². The Hall–Kier alpha value is -3.23. The topological polar surface area (TPSA) is 77.6 Å². The number of hydrogen-bond donors (Lipinski definition) is 2. The van der Waals surface area contributed by atoms with E-state index in [1.165, 1.54) is 11.3 Å². The fraction of sp³-hybridized carbons (Fsp3) is 0.370. The Labute approximate surface area is 210 Å². The van der Waals surface area contributed by atoms with Crippen LogP contribution < -0.4 is 15.5 Å². The number of aromatic nitrogens is 1. The average Bonchev–Trinajstić information content (AvgIpc) is 3.36. The number of fused-ring (bicyclic) bond motifs is 1. The lowest BCUT2D eigenvalue weighted by atomic mass is 9.73. The van der Waals surface area contributed by atoms with E-state index in [-0.39, 0.29) is 11.8 Å². The minimum atomic E-state index is -0.280. The van der Waals surface area contributed by atoms with Crippen molar-refractivity contribution in [2.24, 2.45) is 5.41 Å². The minimum absolute atomic E-state index is 0.0666. The third-order valence-electron chi connectivity index (χ3n) is 7.31. The molecule has 2 N–H and O–H groups in total. The van der Waals surface area contributed by atoms with Crippen LogP contribution >= 0.6 is 11.3 Å². The molecule has 3 aliphatic rings. The highest BCUT2D eigenvalue weighted by Gasteiger charge is 2.40. The fourth-order valence-corrected chi connectivity index (χ4v) is 5.93. The molecule has 0 radical (unpaired) electrons. The molecule has 2 amide bonds. The number of piperidine rings is 1. The van der Waals surface area contributed by atoms with Gasteiger partial charge in [0.25, 0.3) is 11.8 Å².